The lowest BCUT2D eigenvalue weighted by molar-refractivity contribution is 0.575. The minimum absolute atomic E-state index is 0.398. The van der Waals surface area contributed by atoms with Gasteiger partial charge in [-0.05, 0) is 23.3 Å². The van der Waals surface area contributed by atoms with E-state index >= 15 is 0 Å². The first-order chi connectivity index (χ1) is 9.43. The molecule has 0 fully saturated rings. The standard InChI is InChI=1S/C14H12Cl4N2/c15-9-5-1-3-7(11(9)17)13(19)14(20)8-4-2-6-10(16)12(8)18/h1-6,13-14H,19-20H2. The van der Waals surface area contributed by atoms with Crippen molar-refractivity contribution in [2.45, 2.75) is 12.1 Å². The van der Waals surface area contributed by atoms with Crippen molar-refractivity contribution in [1.82, 2.24) is 0 Å². The van der Waals surface area contributed by atoms with Crippen molar-refractivity contribution in [3.8, 4) is 0 Å². The normalized spacial score (nSPS) is 14.1. The maximum absolute atomic E-state index is 6.19. The second-order valence-electron chi connectivity index (χ2n) is 4.34. The highest BCUT2D eigenvalue weighted by Gasteiger charge is 2.23. The Morgan fingerprint density at radius 2 is 1.00 bits per heavy atom. The minimum Gasteiger partial charge on any atom is -0.322 e. The SMILES string of the molecule is NC(c1cccc(Cl)c1Cl)C(N)c1cccc(Cl)c1Cl. The molecule has 0 bridgehead atoms. The molecule has 2 nitrogen and oxygen atoms in total. The van der Waals surface area contributed by atoms with Crippen LogP contribution in [0.4, 0.5) is 0 Å². The van der Waals surface area contributed by atoms with Crippen LogP contribution in [0.2, 0.25) is 20.1 Å². The van der Waals surface area contributed by atoms with Crippen LogP contribution in [-0.2, 0) is 0 Å². The highest BCUT2D eigenvalue weighted by Crippen LogP contribution is 2.37. The minimum atomic E-state index is -0.544. The Morgan fingerprint density at radius 3 is 1.35 bits per heavy atom. The van der Waals surface area contributed by atoms with E-state index in [1.165, 1.54) is 0 Å². The maximum atomic E-state index is 6.19. The zero-order valence-electron chi connectivity index (χ0n) is 10.3. The van der Waals surface area contributed by atoms with Crippen molar-refractivity contribution in [2.24, 2.45) is 11.5 Å². The highest BCUT2D eigenvalue weighted by atomic mass is 35.5. The van der Waals surface area contributed by atoms with Gasteiger partial charge in [0.25, 0.3) is 0 Å². The molecular weight excluding hydrogens is 338 g/mol. The van der Waals surface area contributed by atoms with E-state index in [-0.39, 0.29) is 0 Å². The summed E-state index contributed by atoms with van der Waals surface area (Å²) in [5, 5.41) is 1.67. The first kappa shape index (κ1) is 15.9. The van der Waals surface area contributed by atoms with E-state index in [1.54, 1.807) is 36.4 Å². The average molecular weight is 350 g/mol. The molecule has 0 spiro atoms. The maximum Gasteiger partial charge on any atom is 0.0640 e. The summed E-state index contributed by atoms with van der Waals surface area (Å²) in [6, 6.07) is 9.42. The molecule has 0 aliphatic heterocycles. The first-order valence-corrected chi connectivity index (χ1v) is 7.33. The zero-order chi connectivity index (χ0) is 14.9. The van der Waals surface area contributed by atoms with Crippen molar-refractivity contribution in [2.75, 3.05) is 0 Å². The van der Waals surface area contributed by atoms with E-state index < -0.39 is 12.1 Å². The number of hydrogen-bond donors (Lipinski definition) is 2. The molecule has 0 radical (unpaired) electrons. The van der Waals surface area contributed by atoms with E-state index in [0.29, 0.717) is 31.2 Å². The fourth-order valence-corrected chi connectivity index (χ4v) is 2.81. The van der Waals surface area contributed by atoms with E-state index in [1.807, 2.05) is 0 Å². The Morgan fingerprint density at radius 1 is 0.650 bits per heavy atom. The monoisotopic (exact) mass is 348 g/mol. The molecule has 20 heavy (non-hydrogen) atoms. The van der Waals surface area contributed by atoms with Crippen LogP contribution in [0.5, 0.6) is 0 Å². The van der Waals surface area contributed by atoms with E-state index in [0.717, 1.165) is 0 Å². The molecule has 2 unspecified atom stereocenters. The van der Waals surface area contributed by atoms with Gasteiger partial charge in [0.2, 0.25) is 0 Å². The van der Waals surface area contributed by atoms with Crippen LogP contribution in [0.3, 0.4) is 0 Å². The van der Waals surface area contributed by atoms with Crippen molar-refractivity contribution >= 4 is 46.4 Å². The molecule has 4 N–H and O–H groups in total. The smallest absolute Gasteiger partial charge is 0.0640 e. The van der Waals surface area contributed by atoms with Gasteiger partial charge in [-0.2, -0.15) is 0 Å². The average Bonchev–Trinajstić information content (AvgIpc) is 2.43. The largest absolute Gasteiger partial charge is 0.322 e. The number of halogens is 4. The van der Waals surface area contributed by atoms with Crippen LogP contribution in [0.15, 0.2) is 36.4 Å². The summed E-state index contributed by atoms with van der Waals surface area (Å²) in [5.74, 6) is 0. The Kier molecular flexibility index (Phi) is 5.19. The Hall–Kier alpha value is -0.480. The molecule has 2 rings (SSSR count). The molecule has 0 heterocycles. The van der Waals surface area contributed by atoms with Gasteiger partial charge in [-0.25, -0.2) is 0 Å². The fourth-order valence-electron chi connectivity index (χ4n) is 1.94. The zero-order valence-corrected chi connectivity index (χ0v) is 13.3. The molecule has 106 valence electrons. The van der Waals surface area contributed by atoms with Crippen molar-refractivity contribution in [1.29, 1.82) is 0 Å². The first-order valence-electron chi connectivity index (χ1n) is 5.82. The lowest BCUT2D eigenvalue weighted by Crippen LogP contribution is -2.27. The van der Waals surface area contributed by atoms with Crippen molar-refractivity contribution in [3.63, 3.8) is 0 Å². The summed E-state index contributed by atoms with van der Waals surface area (Å²) >= 11 is 24.3. The number of rotatable bonds is 3. The van der Waals surface area contributed by atoms with Crippen LogP contribution in [0.25, 0.3) is 0 Å². The predicted molar refractivity (Wildman–Crippen MR) is 86.8 cm³/mol. The molecule has 0 saturated heterocycles. The molecule has 0 amide bonds. The van der Waals surface area contributed by atoms with E-state index in [4.69, 9.17) is 57.9 Å². The molecule has 0 aliphatic carbocycles. The van der Waals surface area contributed by atoms with Crippen LogP contribution in [0, 0.1) is 0 Å². The van der Waals surface area contributed by atoms with Crippen LogP contribution in [-0.4, -0.2) is 0 Å². The number of hydrogen-bond acceptors (Lipinski definition) is 2. The summed E-state index contributed by atoms with van der Waals surface area (Å²) in [4.78, 5) is 0. The van der Waals surface area contributed by atoms with E-state index in [2.05, 4.69) is 0 Å². The lowest BCUT2D eigenvalue weighted by Gasteiger charge is -2.23. The fraction of sp³-hybridized carbons (Fsp3) is 0.143. The molecule has 2 aromatic rings. The third-order valence-corrected chi connectivity index (χ3v) is 4.74. The highest BCUT2D eigenvalue weighted by molar-refractivity contribution is 6.43. The molecule has 6 heteroatoms. The molecule has 0 aliphatic rings. The van der Waals surface area contributed by atoms with Gasteiger partial charge in [0.05, 0.1) is 32.2 Å². The number of nitrogens with two attached hydrogens (primary N) is 2. The second kappa shape index (κ2) is 6.52. The van der Waals surface area contributed by atoms with Crippen LogP contribution < -0.4 is 11.5 Å². The lowest BCUT2D eigenvalue weighted by atomic mass is 9.95. The molecule has 2 aromatic carbocycles. The third kappa shape index (κ3) is 3.06. The van der Waals surface area contributed by atoms with Crippen molar-refractivity contribution < 1.29 is 0 Å². The van der Waals surface area contributed by atoms with Gasteiger partial charge < -0.3 is 11.5 Å². The summed E-state index contributed by atoms with van der Waals surface area (Å²) in [7, 11) is 0. The van der Waals surface area contributed by atoms with Crippen LogP contribution >= 0.6 is 46.4 Å². The van der Waals surface area contributed by atoms with Gasteiger partial charge >= 0.3 is 0 Å². The third-order valence-electron chi connectivity index (χ3n) is 3.07. The summed E-state index contributed by atoms with van der Waals surface area (Å²) in [6.07, 6.45) is 0. The summed E-state index contributed by atoms with van der Waals surface area (Å²) in [5.41, 5.74) is 13.7. The summed E-state index contributed by atoms with van der Waals surface area (Å²) < 4.78 is 0. The topological polar surface area (TPSA) is 52.0 Å². The van der Waals surface area contributed by atoms with Crippen molar-refractivity contribution in [3.05, 3.63) is 67.6 Å². The molecular formula is C14H12Cl4N2. The van der Waals surface area contributed by atoms with E-state index in [9.17, 15) is 0 Å². The van der Waals surface area contributed by atoms with Gasteiger partial charge in [0.1, 0.15) is 0 Å². The predicted octanol–water partition coefficient (Wildman–Crippen LogP) is 5.00. The van der Waals surface area contributed by atoms with Crippen LogP contribution in [0.1, 0.15) is 23.2 Å². The Bertz CT molecular complexity index is 575. The van der Waals surface area contributed by atoms with Gasteiger partial charge in [-0.1, -0.05) is 70.7 Å². The van der Waals surface area contributed by atoms with Gasteiger partial charge in [0, 0.05) is 0 Å². The van der Waals surface area contributed by atoms with Gasteiger partial charge in [0.15, 0.2) is 0 Å². The molecule has 0 aromatic heterocycles. The Labute approximate surface area is 137 Å². The molecule has 2 atom stereocenters. The Balaban J connectivity index is 2.40. The summed E-state index contributed by atoms with van der Waals surface area (Å²) in [6.45, 7) is 0. The molecule has 0 saturated carbocycles. The second-order valence-corrected chi connectivity index (χ2v) is 5.91. The van der Waals surface area contributed by atoms with Gasteiger partial charge in [-0.15, -0.1) is 0 Å². The quantitative estimate of drug-likeness (QED) is 0.819. The van der Waals surface area contributed by atoms with Gasteiger partial charge in [-0.3, -0.25) is 0 Å². The number of benzene rings is 2.